The van der Waals surface area contributed by atoms with Gasteiger partial charge in [0.25, 0.3) is 0 Å². The van der Waals surface area contributed by atoms with E-state index in [1.54, 1.807) is 18.2 Å². The molecule has 2 heterocycles. The Kier molecular flexibility index (Phi) is 4.08. The molecule has 0 aliphatic heterocycles. The van der Waals surface area contributed by atoms with Crippen molar-refractivity contribution in [3.63, 3.8) is 0 Å². The number of para-hydroxylation sites is 1. The molecule has 0 spiro atoms. The first kappa shape index (κ1) is 16.2. The second-order valence-electron chi connectivity index (χ2n) is 6.15. The van der Waals surface area contributed by atoms with Gasteiger partial charge in [0.15, 0.2) is 5.65 Å². The van der Waals surface area contributed by atoms with Crippen LogP contribution < -0.4 is 5.32 Å². The third-order valence-electron chi connectivity index (χ3n) is 4.37. The molecule has 0 aliphatic carbocycles. The second kappa shape index (κ2) is 6.55. The van der Waals surface area contributed by atoms with Gasteiger partial charge in [-0.15, -0.1) is 0 Å². The number of aryl methyl sites for hydroxylation is 1. The molecule has 26 heavy (non-hydrogen) atoms. The average Bonchev–Trinajstić information content (AvgIpc) is 3.00. The van der Waals surface area contributed by atoms with Crippen LogP contribution in [0.4, 0.5) is 10.2 Å². The van der Waals surface area contributed by atoms with Gasteiger partial charge in [0.05, 0.1) is 11.1 Å². The molecule has 1 unspecified atom stereocenters. The Morgan fingerprint density at radius 1 is 1.00 bits per heavy atom. The third-order valence-corrected chi connectivity index (χ3v) is 4.37. The molecular formula is C20H18FN5. The summed E-state index contributed by atoms with van der Waals surface area (Å²) in [5.74, 6) is 0.342. The first-order valence-corrected chi connectivity index (χ1v) is 8.42. The van der Waals surface area contributed by atoms with Crippen LogP contribution >= 0.6 is 0 Å². The molecule has 0 saturated carbocycles. The number of fused-ring (bicyclic) bond motifs is 1. The summed E-state index contributed by atoms with van der Waals surface area (Å²) in [6, 6.07) is 16.7. The molecule has 0 amide bonds. The van der Waals surface area contributed by atoms with Gasteiger partial charge in [-0.2, -0.15) is 5.10 Å². The highest BCUT2D eigenvalue weighted by Gasteiger charge is 2.18. The van der Waals surface area contributed by atoms with Gasteiger partial charge in [-0.1, -0.05) is 42.5 Å². The maximum absolute atomic E-state index is 14.2. The van der Waals surface area contributed by atoms with Crippen molar-refractivity contribution in [2.75, 3.05) is 5.32 Å². The van der Waals surface area contributed by atoms with Crippen LogP contribution in [0.3, 0.4) is 0 Å². The smallest absolute Gasteiger partial charge is 0.168 e. The normalized spacial score (nSPS) is 12.3. The van der Waals surface area contributed by atoms with Gasteiger partial charge in [0.1, 0.15) is 23.6 Å². The van der Waals surface area contributed by atoms with Gasteiger partial charge in [0, 0.05) is 6.04 Å². The van der Waals surface area contributed by atoms with E-state index in [-0.39, 0.29) is 11.9 Å². The van der Waals surface area contributed by atoms with Crippen molar-refractivity contribution in [3.8, 4) is 5.69 Å². The molecule has 2 aromatic carbocycles. The fourth-order valence-electron chi connectivity index (χ4n) is 3.05. The molecule has 2 aromatic heterocycles. The van der Waals surface area contributed by atoms with Gasteiger partial charge in [-0.3, -0.25) is 0 Å². The summed E-state index contributed by atoms with van der Waals surface area (Å²) < 4.78 is 15.8. The molecule has 1 atom stereocenters. The quantitative estimate of drug-likeness (QED) is 0.593. The first-order chi connectivity index (χ1) is 12.6. The van der Waals surface area contributed by atoms with Crippen molar-refractivity contribution < 1.29 is 4.39 Å². The number of halogens is 1. The van der Waals surface area contributed by atoms with Crippen molar-refractivity contribution in [2.45, 2.75) is 19.9 Å². The van der Waals surface area contributed by atoms with E-state index in [1.165, 1.54) is 17.1 Å². The average molecular weight is 347 g/mol. The van der Waals surface area contributed by atoms with Crippen molar-refractivity contribution >= 4 is 16.9 Å². The molecule has 4 aromatic rings. The summed E-state index contributed by atoms with van der Waals surface area (Å²) in [6.45, 7) is 3.95. The van der Waals surface area contributed by atoms with Crippen molar-refractivity contribution in [1.82, 2.24) is 19.7 Å². The molecule has 0 bridgehead atoms. The van der Waals surface area contributed by atoms with Crippen LogP contribution in [0, 0.1) is 12.7 Å². The SMILES string of the molecule is Cc1nn(-c2ccccc2F)c2ncnc(NC(C)c3ccccc3)c12. The number of aromatic nitrogens is 4. The van der Waals surface area contributed by atoms with Crippen LogP contribution in [0.5, 0.6) is 0 Å². The Morgan fingerprint density at radius 3 is 2.50 bits per heavy atom. The monoisotopic (exact) mass is 347 g/mol. The van der Waals surface area contributed by atoms with Gasteiger partial charge < -0.3 is 5.32 Å². The van der Waals surface area contributed by atoms with Crippen molar-refractivity contribution in [2.24, 2.45) is 0 Å². The molecule has 0 fully saturated rings. The molecule has 5 nitrogen and oxygen atoms in total. The van der Waals surface area contributed by atoms with Crippen LogP contribution in [0.25, 0.3) is 16.7 Å². The van der Waals surface area contributed by atoms with E-state index in [2.05, 4.69) is 39.4 Å². The van der Waals surface area contributed by atoms with E-state index in [0.717, 1.165) is 16.6 Å². The zero-order chi connectivity index (χ0) is 18.1. The Morgan fingerprint density at radius 2 is 1.73 bits per heavy atom. The molecule has 0 saturated heterocycles. The summed E-state index contributed by atoms with van der Waals surface area (Å²) in [5.41, 5.74) is 2.83. The lowest BCUT2D eigenvalue weighted by molar-refractivity contribution is 0.612. The third kappa shape index (κ3) is 2.79. The van der Waals surface area contributed by atoms with E-state index < -0.39 is 0 Å². The molecule has 130 valence electrons. The van der Waals surface area contributed by atoms with Gasteiger partial charge in [-0.05, 0) is 31.5 Å². The van der Waals surface area contributed by atoms with Gasteiger partial charge >= 0.3 is 0 Å². The summed E-state index contributed by atoms with van der Waals surface area (Å²) in [4.78, 5) is 8.74. The Balaban J connectivity index is 1.80. The number of hydrogen-bond donors (Lipinski definition) is 1. The zero-order valence-corrected chi connectivity index (χ0v) is 14.5. The molecule has 1 N–H and O–H groups in total. The van der Waals surface area contributed by atoms with E-state index in [1.807, 2.05) is 25.1 Å². The maximum Gasteiger partial charge on any atom is 0.168 e. The second-order valence-corrected chi connectivity index (χ2v) is 6.15. The van der Waals surface area contributed by atoms with Crippen molar-refractivity contribution in [3.05, 3.63) is 78.0 Å². The molecule has 0 radical (unpaired) electrons. The van der Waals surface area contributed by atoms with E-state index in [0.29, 0.717) is 17.2 Å². The largest absolute Gasteiger partial charge is 0.363 e. The summed E-state index contributed by atoms with van der Waals surface area (Å²) in [7, 11) is 0. The minimum absolute atomic E-state index is 0.0607. The first-order valence-electron chi connectivity index (χ1n) is 8.42. The summed E-state index contributed by atoms with van der Waals surface area (Å²) in [6.07, 6.45) is 1.47. The number of nitrogens with zero attached hydrogens (tertiary/aromatic N) is 4. The highest BCUT2D eigenvalue weighted by molar-refractivity contribution is 5.90. The topological polar surface area (TPSA) is 55.6 Å². The van der Waals surface area contributed by atoms with Gasteiger partial charge in [0.2, 0.25) is 0 Å². The fraction of sp³-hybridized carbons (Fsp3) is 0.150. The van der Waals surface area contributed by atoms with Crippen LogP contribution in [0.1, 0.15) is 24.2 Å². The highest BCUT2D eigenvalue weighted by Crippen LogP contribution is 2.28. The Bertz CT molecular complexity index is 1060. The van der Waals surface area contributed by atoms with Crippen LogP contribution in [0.15, 0.2) is 60.9 Å². The van der Waals surface area contributed by atoms with E-state index in [4.69, 9.17) is 0 Å². The molecule has 4 rings (SSSR count). The lowest BCUT2D eigenvalue weighted by Crippen LogP contribution is -2.08. The van der Waals surface area contributed by atoms with E-state index in [9.17, 15) is 4.39 Å². The highest BCUT2D eigenvalue weighted by atomic mass is 19.1. The molecule has 0 aliphatic rings. The number of hydrogen-bond acceptors (Lipinski definition) is 4. The number of anilines is 1. The number of rotatable bonds is 4. The minimum atomic E-state index is -0.345. The minimum Gasteiger partial charge on any atom is -0.363 e. The van der Waals surface area contributed by atoms with Gasteiger partial charge in [-0.25, -0.2) is 19.0 Å². The summed E-state index contributed by atoms with van der Waals surface area (Å²) >= 11 is 0. The molecule has 6 heteroatoms. The number of benzene rings is 2. The van der Waals surface area contributed by atoms with Crippen molar-refractivity contribution in [1.29, 1.82) is 0 Å². The summed E-state index contributed by atoms with van der Waals surface area (Å²) in [5, 5.41) is 8.71. The standard InChI is InChI=1S/C20H18FN5/c1-13(15-8-4-3-5-9-15)24-19-18-14(2)25-26(20(18)23-12-22-19)17-11-7-6-10-16(17)21/h3-13H,1-2H3,(H,22,23,24). The maximum atomic E-state index is 14.2. The zero-order valence-electron chi connectivity index (χ0n) is 14.5. The molecular weight excluding hydrogens is 329 g/mol. The predicted octanol–water partition coefficient (Wildman–Crippen LogP) is 4.44. The van der Waals surface area contributed by atoms with Crippen LogP contribution in [-0.4, -0.2) is 19.7 Å². The lowest BCUT2D eigenvalue weighted by atomic mass is 10.1. The lowest BCUT2D eigenvalue weighted by Gasteiger charge is -2.15. The van der Waals surface area contributed by atoms with Crippen LogP contribution in [0.2, 0.25) is 0 Å². The fourth-order valence-corrected chi connectivity index (χ4v) is 3.05. The number of nitrogens with one attached hydrogen (secondary N) is 1. The Hall–Kier alpha value is -3.28. The van der Waals surface area contributed by atoms with Crippen LogP contribution in [-0.2, 0) is 0 Å². The van der Waals surface area contributed by atoms with E-state index >= 15 is 0 Å². The Labute approximate surface area is 150 Å². The predicted molar refractivity (Wildman–Crippen MR) is 99.8 cm³/mol.